The third kappa shape index (κ3) is 11.5. The third-order valence-electron chi connectivity index (χ3n) is 7.50. The molecule has 0 saturated heterocycles. The number of carbonyl (C=O) groups is 1. The number of hydrogen-bond acceptors (Lipinski definition) is 3. The molecule has 0 bridgehead atoms. The van der Waals surface area contributed by atoms with Crippen molar-refractivity contribution in [1.82, 2.24) is 0 Å². The number of hydrogen-bond donors (Lipinski definition) is 0. The van der Waals surface area contributed by atoms with Crippen LogP contribution < -0.4 is 4.74 Å². The zero-order valence-electron chi connectivity index (χ0n) is 23.9. The summed E-state index contributed by atoms with van der Waals surface area (Å²) in [6, 6.07) is 19.4. The van der Waals surface area contributed by atoms with E-state index in [2.05, 4.69) is 61.5 Å². The van der Waals surface area contributed by atoms with E-state index in [9.17, 15) is 4.79 Å². The number of carbonyl (C=O) groups excluding carboxylic acids is 1. The molecule has 0 atom stereocenters. The van der Waals surface area contributed by atoms with E-state index in [0.29, 0.717) is 13.0 Å². The summed E-state index contributed by atoms with van der Waals surface area (Å²) in [6.07, 6.45) is 20.6. The molecule has 0 aliphatic rings. The Morgan fingerprint density at radius 2 is 1.13 bits per heavy atom. The first kappa shape index (κ1) is 30.0. The number of esters is 1. The van der Waals surface area contributed by atoms with Crippen molar-refractivity contribution in [3.63, 3.8) is 0 Å². The van der Waals surface area contributed by atoms with E-state index >= 15 is 0 Å². The van der Waals surface area contributed by atoms with Gasteiger partial charge in [-0.3, -0.25) is 4.79 Å². The van der Waals surface area contributed by atoms with Gasteiger partial charge < -0.3 is 9.47 Å². The second kappa shape index (κ2) is 18.7. The summed E-state index contributed by atoms with van der Waals surface area (Å²) in [5.74, 6) is 0.998. The molecule has 0 saturated carbocycles. The van der Waals surface area contributed by atoms with Crippen molar-refractivity contribution in [1.29, 1.82) is 0 Å². The molecule has 3 nitrogen and oxygen atoms in total. The minimum Gasteiger partial charge on any atom is -0.493 e. The highest BCUT2D eigenvalue weighted by Crippen LogP contribution is 2.30. The van der Waals surface area contributed by atoms with Crippen LogP contribution in [0.15, 0.2) is 54.6 Å². The average Bonchev–Trinajstić information content (AvgIpc) is 2.93. The minimum atomic E-state index is -0.0124. The Kier molecular flexibility index (Phi) is 14.7. The van der Waals surface area contributed by atoms with Gasteiger partial charge >= 0.3 is 5.97 Å². The van der Waals surface area contributed by atoms with Crippen LogP contribution in [-0.4, -0.2) is 19.2 Å². The first-order chi connectivity index (χ1) is 18.8. The zero-order chi connectivity index (χ0) is 26.7. The lowest BCUT2D eigenvalue weighted by atomic mass is 10.0. The van der Waals surface area contributed by atoms with Crippen molar-refractivity contribution in [3.8, 4) is 5.75 Å². The van der Waals surface area contributed by atoms with Crippen molar-refractivity contribution in [2.24, 2.45) is 0 Å². The maximum Gasteiger partial charge on any atom is 0.305 e. The van der Waals surface area contributed by atoms with Gasteiger partial charge in [0, 0.05) is 11.8 Å². The fourth-order valence-corrected chi connectivity index (χ4v) is 5.14. The van der Waals surface area contributed by atoms with E-state index in [0.717, 1.165) is 44.5 Å². The normalized spacial score (nSPS) is 11.3. The number of fused-ring (bicyclic) bond motifs is 2. The fourth-order valence-electron chi connectivity index (χ4n) is 5.14. The van der Waals surface area contributed by atoms with Gasteiger partial charge in [0.05, 0.1) is 13.2 Å². The zero-order valence-corrected chi connectivity index (χ0v) is 23.9. The van der Waals surface area contributed by atoms with Gasteiger partial charge in [0.15, 0.2) is 0 Å². The molecule has 3 rings (SSSR count). The molecule has 38 heavy (non-hydrogen) atoms. The maximum atomic E-state index is 11.6. The van der Waals surface area contributed by atoms with E-state index in [1.807, 2.05) is 0 Å². The summed E-state index contributed by atoms with van der Waals surface area (Å²) >= 11 is 0. The molecule has 0 unspecified atom stereocenters. The smallest absolute Gasteiger partial charge is 0.305 e. The minimum absolute atomic E-state index is 0.0124. The Morgan fingerprint density at radius 3 is 1.76 bits per heavy atom. The molecule has 0 fully saturated rings. The number of ether oxygens (including phenoxy) is 2. The van der Waals surface area contributed by atoms with E-state index in [-0.39, 0.29) is 5.97 Å². The third-order valence-corrected chi connectivity index (χ3v) is 7.50. The van der Waals surface area contributed by atoms with Crippen LogP contribution in [0.5, 0.6) is 5.75 Å². The molecule has 3 aromatic rings. The lowest BCUT2D eigenvalue weighted by Crippen LogP contribution is -2.05. The number of benzene rings is 3. The Bertz CT molecular complexity index is 1060. The van der Waals surface area contributed by atoms with Crippen LogP contribution >= 0.6 is 0 Å². The summed E-state index contributed by atoms with van der Waals surface area (Å²) in [4.78, 5) is 11.6. The molecule has 0 radical (unpaired) electrons. The molecule has 0 heterocycles. The van der Waals surface area contributed by atoms with Crippen molar-refractivity contribution in [3.05, 3.63) is 54.6 Å². The Hall–Kier alpha value is -2.55. The number of rotatable bonds is 21. The predicted octanol–water partition coefficient (Wildman–Crippen LogP) is 10.6. The lowest BCUT2D eigenvalue weighted by Gasteiger charge is -2.10. The first-order valence-corrected chi connectivity index (χ1v) is 15.5. The molecule has 0 N–H and O–H groups in total. The largest absolute Gasteiger partial charge is 0.493 e. The molecular weight excluding hydrogens is 468 g/mol. The SMILES string of the molecule is CCCCOC(=O)CCCCCCCCCCCCCCCCOc1cccc2cc3ccccc3cc12. The van der Waals surface area contributed by atoms with Gasteiger partial charge in [0.1, 0.15) is 5.75 Å². The highest BCUT2D eigenvalue weighted by Gasteiger charge is 2.05. The van der Waals surface area contributed by atoms with Crippen LogP contribution in [0.4, 0.5) is 0 Å². The molecule has 0 aliphatic carbocycles. The van der Waals surface area contributed by atoms with Gasteiger partial charge in [0.25, 0.3) is 0 Å². The van der Waals surface area contributed by atoms with Crippen molar-refractivity contribution >= 4 is 27.5 Å². The summed E-state index contributed by atoms with van der Waals surface area (Å²) in [6.45, 7) is 3.51. The van der Waals surface area contributed by atoms with Crippen LogP contribution in [0.1, 0.15) is 116 Å². The standard InChI is InChI=1S/C35H50O3/c1-2-3-26-38-35(36)25-16-14-12-10-8-6-4-5-7-9-11-13-15-19-27-37-34-24-20-23-32-28-30-21-17-18-22-31(30)29-33(32)34/h17-18,20-24,28-29H,2-16,19,25-27H2,1H3. The van der Waals surface area contributed by atoms with Crippen molar-refractivity contribution in [2.75, 3.05) is 13.2 Å². The molecule has 3 aromatic carbocycles. The Balaban J connectivity index is 1.11. The van der Waals surface area contributed by atoms with E-state index in [1.54, 1.807) is 0 Å². The van der Waals surface area contributed by atoms with E-state index in [4.69, 9.17) is 9.47 Å². The highest BCUT2D eigenvalue weighted by molar-refractivity contribution is 6.00. The quantitative estimate of drug-likeness (QED) is 0.0799. The number of unbranched alkanes of at least 4 members (excludes halogenated alkanes) is 14. The van der Waals surface area contributed by atoms with Gasteiger partial charge in [-0.25, -0.2) is 0 Å². The maximum absolute atomic E-state index is 11.6. The van der Waals surface area contributed by atoms with Gasteiger partial charge in [-0.2, -0.15) is 0 Å². The van der Waals surface area contributed by atoms with Crippen LogP contribution in [0, 0.1) is 0 Å². The molecule has 0 aromatic heterocycles. The van der Waals surface area contributed by atoms with Crippen LogP contribution in [0.2, 0.25) is 0 Å². The second-order valence-corrected chi connectivity index (χ2v) is 10.8. The topological polar surface area (TPSA) is 35.5 Å². The Labute approximate surface area is 231 Å². The molecule has 0 amide bonds. The first-order valence-electron chi connectivity index (χ1n) is 15.5. The van der Waals surface area contributed by atoms with Crippen LogP contribution in [0.25, 0.3) is 21.5 Å². The summed E-state index contributed by atoms with van der Waals surface area (Å²) in [7, 11) is 0. The van der Waals surface area contributed by atoms with Gasteiger partial charge in [0.2, 0.25) is 0 Å². The highest BCUT2D eigenvalue weighted by atomic mass is 16.5. The van der Waals surface area contributed by atoms with Crippen molar-refractivity contribution < 1.29 is 14.3 Å². The van der Waals surface area contributed by atoms with Gasteiger partial charge in [-0.1, -0.05) is 127 Å². The van der Waals surface area contributed by atoms with E-state index < -0.39 is 0 Å². The predicted molar refractivity (Wildman–Crippen MR) is 162 cm³/mol. The molecule has 0 spiro atoms. The van der Waals surface area contributed by atoms with Crippen LogP contribution in [0.3, 0.4) is 0 Å². The Morgan fingerprint density at radius 1 is 0.579 bits per heavy atom. The lowest BCUT2D eigenvalue weighted by molar-refractivity contribution is -0.143. The van der Waals surface area contributed by atoms with Gasteiger partial charge in [-0.05, 0) is 53.6 Å². The summed E-state index contributed by atoms with van der Waals surface area (Å²) in [5, 5.41) is 5.01. The summed E-state index contributed by atoms with van der Waals surface area (Å²) in [5.41, 5.74) is 0. The van der Waals surface area contributed by atoms with Crippen LogP contribution in [-0.2, 0) is 9.53 Å². The molecule has 3 heteroatoms. The van der Waals surface area contributed by atoms with E-state index in [1.165, 1.54) is 92.2 Å². The average molecular weight is 519 g/mol. The van der Waals surface area contributed by atoms with Gasteiger partial charge in [-0.15, -0.1) is 0 Å². The fraction of sp³-hybridized carbons (Fsp3) is 0.571. The molecule has 0 aliphatic heterocycles. The summed E-state index contributed by atoms with van der Waals surface area (Å²) < 4.78 is 11.4. The monoisotopic (exact) mass is 518 g/mol. The van der Waals surface area contributed by atoms with Crippen molar-refractivity contribution in [2.45, 2.75) is 116 Å². The molecule has 208 valence electrons. The molecular formula is C35H50O3. The second-order valence-electron chi connectivity index (χ2n) is 10.8.